The van der Waals surface area contributed by atoms with E-state index in [2.05, 4.69) is 11.1 Å². The summed E-state index contributed by atoms with van der Waals surface area (Å²) in [7, 11) is 0. The topological polar surface area (TPSA) is 58.7 Å². The van der Waals surface area contributed by atoms with Gasteiger partial charge in [-0.1, -0.05) is 24.3 Å². The summed E-state index contributed by atoms with van der Waals surface area (Å²) in [5, 5.41) is 11.2. The number of thiophene rings is 1. The van der Waals surface area contributed by atoms with E-state index in [-0.39, 0.29) is 5.56 Å². The van der Waals surface area contributed by atoms with Crippen LogP contribution < -0.4 is 5.56 Å². The van der Waals surface area contributed by atoms with Crippen LogP contribution in [0.15, 0.2) is 83.2 Å². The fourth-order valence-electron chi connectivity index (χ4n) is 2.84. The van der Waals surface area contributed by atoms with Crippen molar-refractivity contribution in [2.45, 2.75) is 0 Å². The van der Waals surface area contributed by atoms with E-state index in [0.717, 1.165) is 16.9 Å². The Morgan fingerprint density at radius 2 is 1.81 bits per heavy atom. The summed E-state index contributed by atoms with van der Waals surface area (Å²) in [6.07, 6.45) is 3.51. The number of pyridine rings is 2. The first-order valence-electron chi connectivity index (χ1n) is 7.99. The van der Waals surface area contributed by atoms with Gasteiger partial charge in [-0.3, -0.25) is 14.3 Å². The Morgan fingerprint density at radius 3 is 2.54 bits per heavy atom. The van der Waals surface area contributed by atoms with E-state index in [9.17, 15) is 10.1 Å². The molecule has 0 saturated heterocycles. The summed E-state index contributed by atoms with van der Waals surface area (Å²) in [4.78, 5) is 18.1. The molecule has 0 radical (unpaired) electrons. The summed E-state index contributed by atoms with van der Waals surface area (Å²) < 4.78 is 1.61. The highest BCUT2D eigenvalue weighted by Crippen LogP contribution is 2.28. The van der Waals surface area contributed by atoms with Crippen molar-refractivity contribution in [1.82, 2.24) is 9.55 Å². The molecule has 3 heterocycles. The Hall–Kier alpha value is -3.49. The van der Waals surface area contributed by atoms with Gasteiger partial charge in [0.15, 0.2) is 0 Å². The van der Waals surface area contributed by atoms with Crippen LogP contribution in [0.1, 0.15) is 4.88 Å². The smallest absolute Gasteiger partial charge is 0.263 e. The molecule has 124 valence electrons. The molecular formula is C21H13N3OS. The molecule has 0 N–H and O–H groups in total. The average molecular weight is 355 g/mol. The summed E-state index contributed by atoms with van der Waals surface area (Å²) in [5.74, 6) is 0. The SMILES string of the molecule is N#Cc1sccc1-c1cc(-c2ccccn2)cn(-c2ccccc2)c1=O. The van der Waals surface area contributed by atoms with Crippen LogP contribution in [-0.4, -0.2) is 9.55 Å². The molecule has 0 amide bonds. The molecule has 3 aromatic heterocycles. The maximum Gasteiger partial charge on any atom is 0.263 e. The molecule has 4 aromatic rings. The molecule has 4 nitrogen and oxygen atoms in total. The van der Waals surface area contributed by atoms with Gasteiger partial charge in [-0.05, 0) is 41.8 Å². The van der Waals surface area contributed by atoms with Gasteiger partial charge >= 0.3 is 0 Å². The number of para-hydroxylation sites is 1. The van der Waals surface area contributed by atoms with Crippen molar-refractivity contribution >= 4 is 11.3 Å². The normalized spacial score (nSPS) is 10.4. The minimum atomic E-state index is -0.161. The molecule has 0 spiro atoms. The zero-order chi connectivity index (χ0) is 17.9. The third-order valence-electron chi connectivity index (χ3n) is 4.07. The molecule has 0 saturated carbocycles. The quantitative estimate of drug-likeness (QED) is 0.544. The van der Waals surface area contributed by atoms with Crippen LogP contribution in [0.4, 0.5) is 0 Å². The number of nitrogens with zero attached hydrogens (tertiary/aromatic N) is 3. The minimum Gasteiger partial charge on any atom is -0.283 e. The zero-order valence-electron chi connectivity index (χ0n) is 13.7. The van der Waals surface area contributed by atoms with E-state index in [1.54, 1.807) is 17.0 Å². The van der Waals surface area contributed by atoms with E-state index < -0.39 is 0 Å². The summed E-state index contributed by atoms with van der Waals surface area (Å²) in [6.45, 7) is 0. The molecule has 0 atom stereocenters. The highest BCUT2D eigenvalue weighted by atomic mass is 32.1. The highest BCUT2D eigenvalue weighted by Gasteiger charge is 2.15. The van der Waals surface area contributed by atoms with Crippen molar-refractivity contribution < 1.29 is 0 Å². The first kappa shape index (κ1) is 16.0. The molecule has 0 bridgehead atoms. The van der Waals surface area contributed by atoms with Crippen molar-refractivity contribution in [1.29, 1.82) is 5.26 Å². The summed E-state index contributed by atoms with van der Waals surface area (Å²) in [6, 6.07) is 20.9. The van der Waals surface area contributed by atoms with Gasteiger partial charge in [-0.2, -0.15) is 5.26 Å². The van der Waals surface area contributed by atoms with E-state index in [1.165, 1.54) is 11.3 Å². The van der Waals surface area contributed by atoms with Crippen molar-refractivity contribution in [2.24, 2.45) is 0 Å². The van der Waals surface area contributed by atoms with Crippen LogP contribution in [0.3, 0.4) is 0 Å². The number of hydrogen-bond acceptors (Lipinski definition) is 4. The van der Waals surface area contributed by atoms with Gasteiger partial charge in [0.05, 0.1) is 11.3 Å². The maximum atomic E-state index is 13.2. The van der Waals surface area contributed by atoms with E-state index in [1.807, 2.05) is 66.0 Å². The second-order valence-corrected chi connectivity index (χ2v) is 6.56. The van der Waals surface area contributed by atoms with E-state index in [0.29, 0.717) is 16.0 Å². The van der Waals surface area contributed by atoms with Crippen LogP contribution in [0.5, 0.6) is 0 Å². The number of nitriles is 1. The molecule has 26 heavy (non-hydrogen) atoms. The minimum absolute atomic E-state index is 0.161. The Labute approximate surface area is 154 Å². The molecule has 5 heteroatoms. The Morgan fingerprint density at radius 1 is 1.00 bits per heavy atom. The predicted molar refractivity (Wildman–Crippen MR) is 103 cm³/mol. The largest absolute Gasteiger partial charge is 0.283 e. The van der Waals surface area contributed by atoms with Crippen LogP contribution in [0.25, 0.3) is 28.1 Å². The molecule has 1 aromatic carbocycles. The second kappa shape index (κ2) is 6.79. The molecule has 0 fully saturated rings. The van der Waals surface area contributed by atoms with Gasteiger partial charge in [0.1, 0.15) is 10.9 Å². The van der Waals surface area contributed by atoms with Gasteiger partial charge in [-0.25, -0.2) is 0 Å². The van der Waals surface area contributed by atoms with Gasteiger partial charge in [0, 0.05) is 29.2 Å². The molecule has 0 aliphatic heterocycles. The first-order valence-corrected chi connectivity index (χ1v) is 8.87. The number of hydrogen-bond donors (Lipinski definition) is 0. The second-order valence-electron chi connectivity index (χ2n) is 5.64. The van der Waals surface area contributed by atoms with E-state index in [4.69, 9.17) is 0 Å². The Kier molecular flexibility index (Phi) is 4.18. The third-order valence-corrected chi connectivity index (χ3v) is 4.89. The van der Waals surface area contributed by atoms with Gasteiger partial charge in [0.2, 0.25) is 0 Å². The summed E-state index contributed by atoms with van der Waals surface area (Å²) >= 11 is 1.33. The van der Waals surface area contributed by atoms with Crippen molar-refractivity contribution in [3.05, 3.63) is 93.7 Å². The lowest BCUT2D eigenvalue weighted by atomic mass is 10.0. The van der Waals surface area contributed by atoms with Gasteiger partial charge < -0.3 is 0 Å². The van der Waals surface area contributed by atoms with Crippen molar-refractivity contribution in [3.8, 4) is 34.1 Å². The first-order chi connectivity index (χ1) is 12.8. The molecule has 0 aliphatic rings. The van der Waals surface area contributed by atoms with Crippen LogP contribution in [-0.2, 0) is 0 Å². The highest BCUT2D eigenvalue weighted by molar-refractivity contribution is 7.11. The third kappa shape index (κ3) is 2.83. The summed E-state index contributed by atoms with van der Waals surface area (Å²) in [5.41, 5.74) is 3.35. The van der Waals surface area contributed by atoms with Gasteiger partial charge in [0.25, 0.3) is 5.56 Å². The maximum absolute atomic E-state index is 13.2. The van der Waals surface area contributed by atoms with Gasteiger partial charge in [-0.15, -0.1) is 11.3 Å². The molecule has 0 unspecified atom stereocenters. The fourth-order valence-corrected chi connectivity index (χ4v) is 3.53. The number of aromatic nitrogens is 2. The Bertz CT molecular complexity index is 1160. The fraction of sp³-hybridized carbons (Fsp3) is 0. The molecule has 4 rings (SSSR count). The van der Waals surface area contributed by atoms with Crippen LogP contribution in [0.2, 0.25) is 0 Å². The molecular weight excluding hydrogens is 342 g/mol. The number of benzene rings is 1. The zero-order valence-corrected chi connectivity index (χ0v) is 14.5. The lowest BCUT2D eigenvalue weighted by Crippen LogP contribution is -2.20. The van der Waals surface area contributed by atoms with Crippen LogP contribution in [0, 0.1) is 11.3 Å². The lowest BCUT2D eigenvalue weighted by Gasteiger charge is -2.11. The number of rotatable bonds is 3. The molecule has 0 aliphatic carbocycles. The lowest BCUT2D eigenvalue weighted by molar-refractivity contribution is 0.994. The Balaban J connectivity index is 2.03. The van der Waals surface area contributed by atoms with Crippen molar-refractivity contribution in [2.75, 3.05) is 0 Å². The standard InChI is InChI=1S/C21H13N3OS/c22-13-20-17(9-11-26-20)18-12-15(19-8-4-5-10-23-19)14-24(21(18)25)16-6-2-1-3-7-16/h1-12,14H. The van der Waals surface area contributed by atoms with E-state index >= 15 is 0 Å². The van der Waals surface area contributed by atoms with Crippen LogP contribution >= 0.6 is 11.3 Å². The van der Waals surface area contributed by atoms with Crippen molar-refractivity contribution in [3.63, 3.8) is 0 Å². The average Bonchev–Trinajstić information content (AvgIpc) is 3.18. The predicted octanol–water partition coefficient (Wildman–Crippen LogP) is 4.50. The monoisotopic (exact) mass is 355 g/mol.